The van der Waals surface area contributed by atoms with Gasteiger partial charge >= 0.3 is 0 Å². The Balaban J connectivity index is 2.21. The van der Waals surface area contributed by atoms with Crippen LogP contribution in [0.2, 0.25) is 0 Å². The van der Waals surface area contributed by atoms with Gasteiger partial charge < -0.3 is 15.7 Å². The average Bonchev–Trinajstić information content (AvgIpc) is 2.29. The van der Waals surface area contributed by atoms with Crippen LogP contribution < -0.4 is 10.6 Å². The predicted octanol–water partition coefficient (Wildman–Crippen LogP) is 1.64. The van der Waals surface area contributed by atoms with E-state index in [-0.39, 0.29) is 12.4 Å². The van der Waals surface area contributed by atoms with E-state index in [2.05, 4.69) is 4.90 Å². The first-order valence-corrected chi connectivity index (χ1v) is 5.98. The number of piperidine rings is 1. The summed E-state index contributed by atoms with van der Waals surface area (Å²) in [6, 6.07) is 5.04. The van der Waals surface area contributed by atoms with Crippen LogP contribution in [0.4, 0.5) is 10.1 Å². The number of hydrogen-bond acceptors (Lipinski definition) is 3. The molecule has 0 atom stereocenters. The van der Waals surface area contributed by atoms with Crippen molar-refractivity contribution in [2.24, 2.45) is 5.73 Å². The Bertz CT molecular complexity index is 396. The van der Waals surface area contributed by atoms with Gasteiger partial charge in [0.2, 0.25) is 0 Å². The Morgan fingerprint density at radius 1 is 1.41 bits per heavy atom. The molecule has 0 aromatic heterocycles. The van der Waals surface area contributed by atoms with Gasteiger partial charge in [0.25, 0.3) is 0 Å². The Morgan fingerprint density at radius 3 is 2.65 bits per heavy atom. The summed E-state index contributed by atoms with van der Waals surface area (Å²) >= 11 is 0. The van der Waals surface area contributed by atoms with Gasteiger partial charge in [-0.2, -0.15) is 0 Å². The van der Waals surface area contributed by atoms with Crippen LogP contribution in [-0.2, 0) is 6.54 Å². The maximum absolute atomic E-state index is 13.6. The second kappa shape index (κ2) is 4.63. The highest BCUT2D eigenvalue weighted by Gasteiger charge is 2.28. The van der Waals surface area contributed by atoms with Crippen molar-refractivity contribution >= 4 is 5.69 Å². The van der Waals surface area contributed by atoms with E-state index in [1.54, 1.807) is 6.07 Å². The van der Waals surface area contributed by atoms with Gasteiger partial charge in [0.1, 0.15) is 5.82 Å². The standard InChI is InChI=1S/C13H19FN2O/c1-13(17)5-7-16(8-6-13)12-4-2-3-11(14)10(12)9-15/h2-4,17H,5-9,15H2,1H3. The van der Waals surface area contributed by atoms with Gasteiger partial charge in [0.15, 0.2) is 0 Å². The largest absolute Gasteiger partial charge is 0.390 e. The van der Waals surface area contributed by atoms with Gasteiger partial charge in [-0.25, -0.2) is 4.39 Å². The summed E-state index contributed by atoms with van der Waals surface area (Å²) in [5.41, 5.74) is 6.43. The highest BCUT2D eigenvalue weighted by atomic mass is 19.1. The van der Waals surface area contributed by atoms with Gasteiger partial charge in [-0.3, -0.25) is 0 Å². The van der Waals surface area contributed by atoms with Crippen LogP contribution in [0.1, 0.15) is 25.3 Å². The summed E-state index contributed by atoms with van der Waals surface area (Å²) < 4.78 is 13.6. The number of hydrogen-bond donors (Lipinski definition) is 2. The maximum Gasteiger partial charge on any atom is 0.129 e. The van der Waals surface area contributed by atoms with Crippen molar-refractivity contribution in [2.75, 3.05) is 18.0 Å². The van der Waals surface area contributed by atoms with E-state index in [0.717, 1.165) is 18.8 Å². The monoisotopic (exact) mass is 238 g/mol. The normalized spacial score (nSPS) is 19.4. The number of aliphatic hydroxyl groups is 1. The highest BCUT2D eigenvalue weighted by Crippen LogP contribution is 2.29. The summed E-state index contributed by atoms with van der Waals surface area (Å²) in [5, 5.41) is 9.89. The molecule has 0 unspecified atom stereocenters. The van der Waals surface area contributed by atoms with E-state index < -0.39 is 5.60 Å². The molecule has 3 N–H and O–H groups in total. The first-order chi connectivity index (χ1) is 8.03. The fourth-order valence-corrected chi connectivity index (χ4v) is 2.27. The molecule has 1 fully saturated rings. The van der Waals surface area contributed by atoms with E-state index >= 15 is 0 Å². The van der Waals surface area contributed by atoms with E-state index in [0.29, 0.717) is 18.4 Å². The second-order valence-electron chi connectivity index (χ2n) is 4.93. The number of halogens is 1. The number of nitrogens with zero attached hydrogens (tertiary/aromatic N) is 1. The molecule has 1 aromatic carbocycles. The van der Waals surface area contributed by atoms with Crippen molar-refractivity contribution < 1.29 is 9.50 Å². The Hall–Kier alpha value is -1.13. The van der Waals surface area contributed by atoms with Gasteiger partial charge in [-0.05, 0) is 31.9 Å². The van der Waals surface area contributed by atoms with Crippen molar-refractivity contribution in [1.29, 1.82) is 0 Å². The van der Waals surface area contributed by atoms with Crippen molar-refractivity contribution in [2.45, 2.75) is 31.9 Å². The molecule has 1 aliphatic heterocycles. The zero-order valence-electron chi connectivity index (χ0n) is 10.1. The lowest BCUT2D eigenvalue weighted by Gasteiger charge is -2.38. The van der Waals surface area contributed by atoms with Gasteiger partial charge in [0, 0.05) is 30.9 Å². The van der Waals surface area contributed by atoms with Crippen LogP contribution in [-0.4, -0.2) is 23.8 Å². The Morgan fingerprint density at radius 2 is 2.06 bits per heavy atom. The minimum absolute atomic E-state index is 0.203. The van der Waals surface area contributed by atoms with Crippen molar-refractivity contribution in [3.63, 3.8) is 0 Å². The Kier molecular flexibility index (Phi) is 3.35. The van der Waals surface area contributed by atoms with Gasteiger partial charge in [-0.15, -0.1) is 0 Å². The zero-order valence-corrected chi connectivity index (χ0v) is 10.1. The smallest absolute Gasteiger partial charge is 0.129 e. The topological polar surface area (TPSA) is 49.5 Å². The summed E-state index contributed by atoms with van der Waals surface area (Å²) in [7, 11) is 0. The minimum atomic E-state index is -0.591. The maximum atomic E-state index is 13.6. The lowest BCUT2D eigenvalue weighted by Crippen LogP contribution is -2.42. The SMILES string of the molecule is CC1(O)CCN(c2cccc(F)c2CN)CC1. The molecule has 17 heavy (non-hydrogen) atoms. The summed E-state index contributed by atoms with van der Waals surface area (Å²) in [6.45, 7) is 3.53. The third-order valence-corrected chi connectivity index (χ3v) is 3.48. The predicted molar refractivity (Wildman–Crippen MR) is 66.4 cm³/mol. The highest BCUT2D eigenvalue weighted by molar-refractivity contribution is 5.54. The van der Waals surface area contributed by atoms with E-state index in [4.69, 9.17) is 5.73 Å². The van der Waals surface area contributed by atoms with Gasteiger partial charge in [-0.1, -0.05) is 6.07 Å². The quantitative estimate of drug-likeness (QED) is 0.823. The fraction of sp³-hybridized carbons (Fsp3) is 0.538. The molecule has 0 radical (unpaired) electrons. The van der Waals surface area contributed by atoms with Crippen molar-refractivity contribution in [1.82, 2.24) is 0 Å². The van der Waals surface area contributed by atoms with Crippen LogP contribution in [0.15, 0.2) is 18.2 Å². The summed E-state index contributed by atoms with van der Waals surface area (Å²) in [4.78, 5) is 2.10. The van der Waals surface area contributed by atoms with Crippen LogP contribution >= 0.6 is 0 Å². The molecule has 1 aromatic rings. The number of nitrogens with two attached hydrogens (primary N) is 1. The molecule has 0 aliphatic carbocycles. The van der Waals surface area contributed by atoms with E-state index in [9.17, 15) is 9.50 Å². The van der Waals surface area contributed by atoms with E-state index in [1.807, 2.05) is 13.0 Å². The zero-order chi connectivity index (χ0) is 12.5. The summed E-state index contributed by atoms with van der Waals surface area (Å²) in [5.74, 6) is -0.248. The van der Waals surface area contributed by atoms with Crippen LogP contribution in [0.3, 0.4) is 0 Å². The lowest BCUT2D eigenvalue weighted by molar-refractivity contribution is 0.0351. The molecule has 0 bridgehead atoms. The summed E-state index contributed by atoms with van der Waals surface area (Å²) in [6.07, 6.45) is 1.40. The fourth-order valence-electron chi connectivity index (χ4n) is 2.27. The lowest BCUT2D eigenvalue weighted by atomic mass is 9.93. The molecule has 1 heterocycles. The molecule has 0 saturated carbocycles. The van der Waals surface area contributed by atoms with Crippen LogP contribution in [0, 0.1) is 5.82 Å². The Labute approximate surface area is 101 Å². The molecular weight excluding hydrogens is 219 g/mol. The van der Waals surface area contributed by atoms with Gasteiger partial charge in [0.05, 0.1) is 5.60 Å². The molecule has 0 spiro atoms. The number of rotatable bonds is 2. The van der Waals surface area contributed by atoms with E-state index in [1.165, 1.54) is 6.07 Å². The number of benzene rings is 1. The molecule has 2 rings (SSSR count). The second-order valence-corrected chi connectivity index (χ2v) is 4.93. The average molecular weight is 238 g/mol. The first-order valence-electron chi connectivity index (χ1n) is 5.98. The van der Waals surface area contributed by atoms with Crippen LogP contribution in [0.25, 0.3) is 0 Å². The molecule has 94 valence electrons. The third-order valence-electron chi connectivity index (χ3n) is 3.48. The molecule has 1 saturated heterocycles. The third kappa shape index (κ3) is 2.58. The molecule has 0 amide bonds. The molecule has 4 heteroatoms. The molecular formula is C13H19FN2O. The first kappa shape index (κ1) is 12.3. The van der Waals surface area contributed by atoms with Crippen LogP contribution in [0.5, 0.6) is 0 Å². The molecule has 3 nitrogen and oxygen atoms in total. The minimum Gasteiger partial charge on any atom is -0.390 e. The number of anilines is 1. The van der Waals surface area contributed by atoms with Crippen molar-refractivity contribution in [3.8, 4) is 0 Å². The molecule has 1 aliphatic rings. The van der Waals surface area contributed by atoms with Crippen molar-refractivity contribution in [3.05, 3.63) is 29.6 Å².